The lowest BCUT2D eigenvalue weighted by atomic mass is 10.1. The van der Waals surface area contributed by atoms with Crippen molar-refractivity contribution in [2.75, 3.05) is 6.79 Å². The summed E-state index contributed by atoms with van der Waals surface area (Å²) in [5.74, 6) is 0.939. The molecule has 174 valence electrons. The normalized spacial score (nSPS) is 13.0. The second-order valence-electron chi connectivity index (χ2n) is 8.09. The lowest BCUT2D eigenvalue weighted by Crippen LogP contribution is -2.21. The second-order valence-corrected chi connectivity index (χ2v) is 10.2. The van der Waals surface area contributed by atoms with E-state index in [1.807, 2.05) is 45.0 Å². The van der Waals surface area contributed by atoms with E-state index in [-0.39, 0.29) is 24.6 Å². The minimum Gasteiger partial charge on any atom is -0.467 e. The molecule has 0 spiro atoms. The van der Waals surface area contributed by atoms with Crippen molar-refractivity contribution in [3.8, 4) is 11.4 Å². The summed E-state index contributed by atoms with van der Waals surface area (Å²) in [4.78, 5) is 31.3. The van der Waals surface area contributed by atoms with E-state index < -0.39 is 4.92 Å². The van der Waals surface area contributed by atoms with Gasteiger partial charge in [-0.25, -0.2) is 4.98 Å². The first kappa shape index (κ1) is 22.6. The number of aromatic nitrogens is 2. The monoisotopic (exact) mass is 495 g/mol. The number of hydrogen-bond acceptors (Lipinski definition) is 8. The molecule has 0 fully saturated rings. The fraction of sp³-hybridized carbons (Fsp3) is 0.250. The van der Waals surface area contributed by atoms with Crippen molar-refractivity contribution in [2.24, 2.45) is 0 Å². The summed E-state index contributed by atoms with van der Waals surface area (Å²) in [6.07, 6.45) is 0. The van der Waals surface area contributed by atoms with Crippen molar-refractivity contribution in [1.82, 2.24) is 9.55 Å². The van der Waals surface area contributed by atoms with Crippen LogP contribution in [0.4, 0.5) is 5.69 Å². The van der Waals surface area contributed by atoms with Crippen LogP contribution in [-0.4, -0.2) is 21.3 Å². The van der Waals surface area contributed by atoms with E-state index in [4.69, 9.17) is 14.5 Å². The molecule has 0 radical (unpaired) electrons. The summed E-state index contributed by atoms with van der Waals surface area (Å²) in [5.41, 5.74) is 3.87. The summed E-state index contributed by atoms with van der Waals surface area (Å²) in [6.45, 7) is 6.25. The van der Waals surface area contributed by atoms with Crippen LogP contribution in [0.1, 0.15) is 27.1 Å². The van der Waals surface area contributed by atoms with E-state index in [0.717, 1.165) is 21.7 Å². The third kappa shape index (κ3) is 3.97. The van der Waals surface area contributed by atoms with Gasteiger partial charge in [-0.2, -0.15) is 0 Å². The van der Waals surface area contributed by atoms with Crippen LogP contribution in [0.5, 0.6) is 5.75 Å². The van der Waals surface area contributed by atoms with Crippen molar-refractivity contribution in [2.45, 2.75) is 38.3 Å². The number of rotatable bonds is 5. The molecule has 10 heteroatoms. The summed E-state index contributed by atoms with van der Waals surface area (Å²) < 4.78 is 12.6. The Balaban J connectivity index is 1.64. The van der Waals surface area contributed by atoms with Gasteiger partial charge in [0.05, 0.1) is 22.6 Å². The van der Waals surface area contributed by atoms with Crippen LogP contribution in [0.3, 0.4) is 0 Å². The van der Waals surface area contributed by atoms with Gasteiger partial charge in [-0.15, -0.1) is 11.3 Å². The first-order chi connectivity index (χ1) is 16.3. The maximum absolute atomic E-state index is 13.7. The molecule has 3 heterocycles. The molecule has 0 saturated carbocycles. The number of benzene rings is 2. The molecule has 4 aromatic rings. The molecule has 34 heavy (non-hydrogen) atoms. The topological polar surface area (TPSA) is 96.5 Å². The summed E-state index contributed by atoms with van der Waals surface area (Å²) in [7, 11) is 0. The lowest BCUT2D eigenvalue weighted by Gasteiger charge is -2.20. The Morgan fingerprint density at radius 1 is 1.24 bits per heavy atom. The quantitative estimate of drug-likeness (QED) is 0.157. The zero-order valence-electron chi connectivity index (χ0n) is 18.8. The maximum Gasteiger partial charge on any atom is 0.270 e. The summed E-state index contributed by atoms with van der Waals surface area (Å²) in [6, 6.07) is 10.7. The van der Waals surface area contributed by atoms with Gasteiger partial charge >= 0.3 is 0 Å². The van der Waals surface area contributed by atoms with Gasteiger partial charge in [0.2, 0.25) is 0 Å². The predicted molar refractivity (Wildman–Crippen MR) is 132 cm³/mol. The van der Waals surface area contributed by atoms with Gasteiger partial charge in [-0.05, 0) is 44.0 Å². The van der Waals surface area contributed by atoms with E-state index in [2.05, 4.69) is 0 Å². The Morgan fingerprint density at radius 3 is 2.82 bits per heavy atom. The van der Waals surface area contributed by atoms with Crippen molar-refractivity contribution >= 4 is 39.0 Å². The minimum atomic E-state index is -0.423. The average molecular weight is 496 g/mol. The van der Waals surface area contributed by atoms with Crippen LogP contribution >= 0.6 is 23.1 Å². The molecule has 5 rings (SSSR count). The number of hydrogen-bond donors (Lipinski definition) is 0. The van der Waals surface area contributed by atoms with Crippen LogP contribution in [0, 0.1) is 30.9 Å². The third-order valence-corrected chi connectivity index (χ3v) is 7.86. The highest BCUT2D eigenvalue weighted by molar-refractivity contribution is 7.98. The zero-order valence-corrected chi connectivity index (χ0v) is 20.4. The van der Waals surface area contributed by atoms with Gasteiger partial charge in [0.1, 0.15) is 10.6 Å². The average Bonchev–Trinajstić information content (AvgIpc) is 3.10. The van der Waals surface area contributed by atoms with Gasteiger partial charge in [0.25, 0.3) is 11.2 Å². The van der Waals surface area contributed by atoms with E-state index in [9.17, 15) is 14.9 Å². The Morgan fingerprint density at radius 2 is 2.06 bits per heavy atom. The number of fused-ring (bicyclic) bond motifs is 2. The highest BCUT2D eigenvalue weighted by atomic mass is 32.2. The van der Waals surface area contributed by atoms with Gasteiger partial charge in [-0.1, -0.05) is 23.9 Å². The number of aryl methyl sites for hydroxylation is 3. The Hall–Kier alpha value is -3.21. The Labute approximate surface area is 203 Å². The molecular formula is C24H21N3O5S2. The molecule has 0 aliphatic carbocycles. The Bertz CT molecular complexity index is 1510. The molecule has 2 aromatic carbocycles. The van der Waals surface area contributed by atoms with Crippen LogP contribution < -0.4 is 10.3 Å². The molecular weight excluding hydrogens is 474 g/mol. The van der Waals surface area contributed by atoms with Crippen LogP contribution in [0.25, 0.3) is 15.9 Å². The fourth-order valence-corrected chi connectivity index (χ4v) is 6.05. The number of thioether (sulfide) groups is 1. The molecule has 0 atom stereocenters. The van der Waals surface area contributed by atoms with Crippen LogP contribution in [0.15, 0.2) is 46.3 Å². The molecule has 0 unspecified atom stereocenters. The van der Waals surface area contributed by atoms with E-state index in [1.54, 1.807) is 4.57 Å². The van der Waals surface area contributed by atoms with Gasteiger partial charge < -0.3 is 9.47 Å². The highest BCUT2D eigenvalue weighted by Crippen LogP contribution is 2.37. The Kier molecular flexibility index (Phi) is 5.88. The second kappa shape index (κ2) is 8.86. The predicted octanol–water partition coefficient (Wildman–Crippen LogP) is 5.44. The summed E-state index contributed by atoms with van der Waals surface area (Å²) >= 11 is 2.85. The molecule has 2 aromatic heterocycles. The first-order valence-electron chi connectivity index (χ1n) is 10.6. The van der Waals surface area contributed by atoms with Crippen molar-refractivity contribution in [1.29, 1.82) is 0 Å². The van der Waals surface area contributed by atoms with Crippen molar-refractivity contribution in [3.05, 3.63) is 84.0 Å². The number of nitro benzene ring substituents is 1. The molecule has 0 bridgehead atoms. The number of nitro groups is 1. The molecule has 1 aliphatic heterocycles. The fourth-order valence-electron chi connectivity index (χ4n) is 4.00. The van der Waals surface area contributed by atoms with E-state index >= 15 is 0 Å². The smallest absolute Gasteiger partial charge is 0.270 e. The molecule has 0 saturated heterocycles. The number of thiophene rings is 1. The standard InChI is InChI=1S/C24H21N3O5S2/c1-13-5-4-6-18(7-13)26-23(28)20-14(2)15(3)34-22(20)25-24(26)33-11-17-9-19(27(29)30)8-16-10-31-12-32-21(16)17/h4-9H,10-12H2,1-3H3. The minimum absolute atomic E-state index is 0.0209. The first-order valence-corrected chi connectivity index (χ1v) is 12.4. The maximum atomic E-state index is 13.7. The third-order valence-electron chi connectivity index (χ3n) is 5.77. The highest BCUT2D eigenvalue weighted by Gasteiger charge is 2.23. The number of nitrogens with zero attached hydrogens (tertiary/aromatic N) is 3. The number of ether oxygens (including phenoxy) is 2. The van der Waals surface area contributed by atoms with Crippen LogP contribution in [0.2, 0.25) is 0 Å². The lowest BCUT2D eigenvalue weighted by molar-refractivity contribution is -0.385. The zero-order chi connectivity index (χ0) is 24.0. The molecule has 1 aliphatic rings. The largest absolute Gasteiger partial charge is 0.467 e. The SMILES string of the molecule is Cc1cccc(-n2c(SCc3cc([N+](=O)[O-])cc4c3OCOC4)nc3sc(C)c(C)c3c2=O)c1. The van der Waals surface area contributed by atoms with E-state index in [0.29, 0.717) is 38.0 Å². The van der Waals surface area contributed by atoms with Crippen LogP contribution in [-0.2, 0) is 17.1 Å². The molecule has 8 nitrogen and oxygen atoms in total. The number of non-ortho nitro benzene ring substituents is 1. The van der Waals surface area contributed by atoms with Gasteiger partial charge in [0.15, 0.2) is 11.9 Å². The molecule has 0 amide bonds. The van der Waals surface area contributed by atoms with Gasteiger partial charge in [0, 0.05) is 33.9 Å². The summed E-state index contributed by atoms with van der Waals surface area (Å²) in [5, 5.41) is 12.6. The van der Waals surface area contributed by atoms with Crippen molar-refractivity contribution in [3.63, 3.8) is 0 Å². The molecule has 0 N–H and O–H groups in total. The van der Waals surface area contributed by atoms with Crippen molar-refractivity contribution < 1.29 is 14.4 Å². The van der Waals surface area contributed by atoms with Gasteiger partial charge in [-0.3, -0.25) is 19.5 Å². The van der Waals surface area contributed by atoms with E-state index in [1.165, 1.54) is 35.2 Å².